The van der Waals surface area contributed by atoms with Crippen molar-refractivity contribution in [3.05, 3.63) is 34.7 Å². The Morgan fingerprint density at radius 2 is 2.00 bits per heavy atom. The highest BCUT2D eigenvalue weighted by Gasteiger charge is 2.17. The van der Waals surface area contributed by atoms with Crippen LogP contribution in [0.5, 0.6) is 6.01 Å². The predicted molar refractivity (Wildman–Crippen MR) is 114 cm³/mol. The maximum absolute atomic E-state index is 6.55. The minimum Gasteiger partial charge on any atom is -0.462 e. The molecule has 0 saturated carbocycles. The van der Waals surface area contributed by atoms with E-state index >= 15 is 0 Å². The number of fused-ring (bicyclic) bond motifs is 1. The van der Waals surface area contributed by atoms with E-state index in [4.69, 9.17) is 22.1 Å². The largest absolute Gasteiger partial charge is 0.462 e. The van der Waals surface area contributed by atoms with E-state index in [1.807, 2.05) is 12.3 Å². The van der Waals surface area contributed by atoms with E-state index in [0.29, 0.717) is 29.5 Å². The number of ether oxygens (including phenoxy) is 1. The lowest BCUT2D eigenvalue weighted by molar-refractivity contribution is 0.280. The van der Waals surface area contributed by atoms with Gasteiger partial charge in [0.1, 0.15) is 5.82 Å². The molecule has 154 valence electrons. The zero-order valence-electron chi connectivity index (χ0n) is 16.6. The molecular formula is C20H26ClN7O. The highest BCUT2D eigenvalue weighted by atomic mass is 35.5. The molecule has 3 aromatic heterocycles. The highest BCUT2D eigenvalue weighted by Crippen LogP contribution is 2.27. The van der Waals surface area contributed by atoms with Gasteiger partial charge in [0, 0.05) is 25.7 Å². The van der Waals surface area contributed by atoms with E-state index in [2.05, 4.69) is 31.9 Å². The molecule has 1 saturated heterocycles. The SMILES string of the molecule is CCCCOc1nc(N)c2ncc(Cc3cnc(N4CCCCC4)c(Cl)c3)n2n1. The monoisotopic (exact) mass is 415 g/mol. The number of halogens is 1. The summed E-state index contributed by atoms with van der Waals surface area (Å²) in [5.41, 5.74) is 8.42. The van der Waals surface area contributed by atoms with Gasteiger partial charge in [-0.05, 0) is 37.3 Å². The van der Waals surface area contributed by atoms with Gasteiger partial charge in [-0.2, -0.15) is 4.98 Å². The Kier molecular flexibility index (Phi) is 5.99. The second-order valence-corrected chi connectivity index (χ2v) is 7.75. The van der Waals surface area contributed by atoms with Crippen molar-refractivity contribution in [2.45, 2.75) is 45.4 Å². The number of piperidine rings is 1. The number of nitrogens with two attached hydrogens (primary N) is 1. The number of hydrogen-bond acceptors (Lipinski definition) is 7. The second kappa shape index (κ2) is 8.82. The summed E-state index contributed by atoms with van der Waals surface area (Å²) in [7, 11) is 0. The van der Waals surface area contributed by atoms with Crippen LogP contribution in [0.4, 0.5) is 11.6 Å². The van der Waals surface area contributed by atoms with Crippen LogP contribution in [0.25, 0.3) is 5.65 Å². The van der Waals surface area contributed by atoms with Crippen LogP contribution in [-0.2, 0) is 6.42 Å². The summed E-state index contributed by atoms with van der Waals surface area (Å²) in [6.07, 6.45) is 9.83. The molecule has 0 aromatic carbocycles. The highest BCUT2D eigenvalue weighted by molar-refractivity contribution is 6.33. The first-order valence-electron chi connectivity index (χ1n) is 10.2. The van der Waals surface area contributed by atoms with E-state index in [1.54, 1.807) is 10.7 Å². The smallest absolute Gasteiger partial charge is 0.336 e. The zero-order chi connectivity index (χ0) is 20.2. The number of imidazole rings is 1. The van der Waals surface area contributed by atoms with E-state index in [0.717, 1.165) is 43.0 Å². The molecule has 8 nitrogen and oxygen atoms in total. The van der Waals surface area contributed by atoms with Crippen LogP contribution in [0, 0.1) is 0 Å². The van der Waals surface area contributed by atoms with E-state index in [9.17, 15) is 0 Å². The molecule has 29 heavy (non-hydrogen) atoms. The molecule has 1 fully saturated rings. The van der Waals surface area contributed by atoms with Crippen LogP contribution >= 0.6 is 11.6 Å². The van der Waals surface area contributed by atoms with Crippen molar-refractivity contribution in [3.8, 4) is 6.01 Å². The molecule has 0 spiro atoms. The van der Waals surface area contributed by atoms with Gasteiger partial charge in [-0.15, -0.1) is 5.10 Å². The molecule has 0 bridgehead atoms. The number of rotatable bonds is 7. The van der Waals surface area contributed by atoms with Gasteiger partial charge in [0.15, 0.2) is 11.5 Å². The third-order valence-electron chi connectivity index (χ3n) is 5.09. The molecule has 4 heterocycles. The maximum atomic E-state index is 6.55. The van der Waals surface area contributed by atoms with Crippen molar-refractivity contribution >= 4 is 28.9 Å². The average Bonchev–Trinajstić information content (AvgIpc) is 3.12. The van der Waals surface area contributed by atoms with Gasteiger partial charge < -0.3 is 15.4 Å². The predicted octanol–water partition coefficient (Wildman–Crippen LogP) is 3.51. The Labute approximate surface area is 175 Å². The van der Waals surface area contributed by atoms with E-state index in [-0.39, 0.29) is 6.01 Å². The van der Waals surface area contributed by atoms with Crippen molar-refractivity contribution in [1.29, 1.82) is 0 Å². The normalized spacial score (nSPS) is 14.5. The molecule has 1 aliphatic rings. The molecule has 9 heteroatoms. The summed E-state index contributed by atoms with van der Waals surface area (Å²) in [5, 5.41) is 5.13. The van der Waals surface area contributed by atoms with Gasteiger partial charge in [-0.3, -0.25) is 0 Å². The standard InChI is InChI=1S/C20H26ClN7O/c1-2-3-9-29-20-25-17(22)19-24-13-15(28(19)26-20)10-14-11-16(21)18(23-12-14)27-7-5-4-6-8-27/h11-13H,2-10H2,1H3,(H2,22,25,26). The number of unbranched alkanes of at least 4 members (excludes halogenated alkanes) is 1. The molecule has 0 unspecified atom stereocenters. The Morgan fingerprint density at radius 3 is 2.76 bits per heavy atom. The Hall–Kier alpha value is -2.61. The number of nitrogen functional groups attached to an aromatic ring is 1. The lowest BCUT2D eigenvalue weighted by Gasteiger charge is -2.28. The minimum atomic E-state index is 0.263. The van der Waals surface area contributed by atoms with Gasteiger partial charge in [0.05, 0.1) is 23.5 Å². The van der Waals surface area contributed by atoms with Crippen molar-refractivity contribution in [1.82, 2.24) is 24.6 Å². The van der Waals surface area contributed by atoms with Crippen LogP contribution in [-0.4, -0.2) is 44.3 Å². The molecule has 0 atom stereocenters. The van der Waals surface area contributed by atoms with E-state index < -0.39 is 0 Å². The fraction of sp³-hybridized carbons (Fsp3) is 0.500. The van der Waals surface area contributed by atoms with Crippen molar-refractivity contribution in [3.63, 3.8) is 0 Å². The first kappa shape index (κ1) is 19.7. The van der Waals surface area contributed by atoms with Gasteiger partial charge in [-0.1, -0.05) is 24.9 Å². The van der Waals surface area contributed by atoms with Gasteiger partial charge in [0.25, 0.3) is 0 Å². The first-order chi connectivity index (χ1) is 14.2. The summed E-state index contributed by atoms with van der Waals surface area (Å²) in [6.45, 7) is 4.68. The zero-order valence-corrected chi connectivity index (χ0v) is 17.4. The van der Waals surface area contributed by atoms with Gasteiger partial charge in [-0.25, -0.2) is 14.5 Å². The van der Waals surface area contributed by atoms with E-state index in [1.165, 1.54) is 19.3 Å². The molecule has 0 amide bonds. The molecule has 1 aliphatic heterocycles. The van der Waals surface area contributed by atoms with Crippen molar-refractivity contribution in [2.24, 2.45) is 0 Å². The minimum absolute atomic E-state index is 0.263. The van der Waals surface area contributed by atoms with Crippen LogP contribution in [0.1, 0.15) is 50.3 Å². The number of nitrogens with zero attached hydrogens (tertiary/aromatic N) is 6. The molecule has 4 rings (SSSR count). The first-order valence-corrected chi connectivity index (χ1v) is 10.6. The van der Waals surface area contributed by atoms with Crippen LogP contribution < -0.4 is 15.4 Å². The number of pyridine rings is 1. The van der Waals surface area contributed by atoms with Crippen molar-refractivity contribution < 1.29 is 4.74 Å². The molecule has 0 radical (unpaired) electrons. The maximum Gasteiger partial charge on any atom is 0.336 e. The van der Waals surface area contributed by atoms with Gasteiger partial charge >= 0.3 is 6.01 Å². The summed E-state index contributed by atoms with van der Waals surface area (Å²) >= 11 is 6.55. The fourth-order valence-corrected chi connectivity index (χ4v) is 3.84. The van der Waals surface area contributed by atoms with Crippen LogP contribution in [0.2, 0.25) is 5.02 Å². The molecule has 0 aliphatic carbocycles. The molecular weight excluding hydrogens is 390 g/mol. The summed E-state index contributed by atoms with van der Waals surface area (Å²) in [5.74, 6) is 1.17. The lowest BCUT2D eigenvalue weighted by atomic mass is 10.1. The van der Waals surface area contributed by atoms with Gasteiger partial charge in [0.2, 0.25) is 0 Å². The molecule has 3 aromatic rings. The van der Waals surface area contributed by atoms with Crippen molar-refractivity contribution in [2.75, 3.05) is 30.3 Å². The Bertz CT molecular complexity index is 984. The number of anilines is 2. The fourth-order valence-electron chi connectivity index (χ4n) is 3.53. The third kappa shape index (κ3) is 4.37. The third-order valence-corrected chi connectivity index (χ3v) is 5.37. The molecule has 2 N–H and O–H groups in total. The average molecular weight is 416 g/mol. The summed E-state index contributed by atoms with van der Waals surface area (Å²) in [6, 6.07) is 2.24. The summed E-state index contributed by atoms with van der Waals surface area (Å²) < 4.78 is 7.31. The quantitative estimate of drug-likeness (QED) is 0.590. The Balaban J connectivity index is 1.56. The Morgan fingerprint density at radius 1 is 1.17 bits per heavy atom. The lowest BCUT2D eigenvalue weighted by Crippen LogP contribution is -2.30. The summed E-state index contributed by atoms with van der Waals surface area (Å²) in [4.78, 5) is 15.4. The van der Waals surface area contributed by atoms with Crippen LogP contribution in [0.15, 0.2) is 18.5 Å². The number of hydrogen-bond donors (Lipinski definition) is 1. The second-order valence-electron chi connectivity index (χ2n) is 7.34. The number of aromatic nitrogens is 5. The van der Waals surface area contributed by atoms with Crippen LogP contribution in [0.3, 0.4) is 0 Å². The topological polar surface area (TPSA) is 94.5 Å².